The van der Waals surface area contributed by atoms with Crippen molar-refractivity contribution in [2.45, 2.75) is 26.4 Å². The number of fused-ring (bicyclic) bond motifs is 1. The summed E-state index contributed by atoms with van der Waals surface area (Å²) in [6, 6.07) is 15.6. The topological polar surface area (TPSA) is 129 Å². The van der Waals surface area contributed by atoms with E-state index in [1.807, 2.05) is 24.3 Å². The quantitative estimate of drug-likeness (QED) is 0.477. The minimum Gasteiger partial charge on any atom is -0.493 e. The maximum Gasteiger partial charge on any atom is 0.412 e. The van der Waals surface area contributed by atoms with Crippen molar-refractivity contribution >= 4 is 40.1 Å². The molecule has 9 heteroatoms. The average Bonchev–Trinajstić information content (AvgIpc) is 2.76. The first-order valence-corrected chi connectivity index (χ1v) is 10.5. The number of primary amides is 1. The average molecular weight is 466 g/mol. The standard InChI is InChI=1S/C25H27N3O6/c1-25(2,3)34-24(31)28-19-12-16-8-6-5-7-15(16)11-18(19)23(30)27-17-9-10-20(32-4)21(13-17)33-14-22(26)29/h5-13H,14H2,1-4H3,(H2,26,29)(H,27,30)(H,28,31). The van der Waals surface area contributed by atoms with Crippen molar-refractivity contribution in [3.05, 3.63) is 60.2 Å². The van der Waals surface area contributed by atoms with Crippen molar-refractivity contribution in [2.75, 3.05) is 24.4 Å². The van der Waals surface area contributed by atoms with Crippen LogP contribution in [0.1, 0.15) is 31.1 Å². The van der Waals surface area contributed by atoms with Crippen LogP contribution in [0.2, 0.25) is 0 Å². The van der Waals surface area contributed by atoms with E-state index in [1.165, 1.54) is 13.2 Å². The number of anilines is 2. The van der Waals surface area contributed by atoms with Gasteiger partial charge in [-0.3, -0.25) is 14.9 Å². The monoisotopic (exact) mass is 465 g/mol. The molecule has 0 aliphatic heterocycles. The van der Waals surface area contributed by atoms with Gasteiger partial charge >= 0.3 is 6.09 Å². The van der Waals surface area contributed by atoms with Gasteiger partial charge in [-0.15, -0.1) is 0 Å². The van der Waals surface area contributed by atoms with Crippen LogP contribution in [-0.4, -0.2) is 37.2 Å². The molecule has 0 aliphatic rings. The van der Waals surface area contributed by atoms with Crippen LogP contribution in [0, 0.1) is 0 Å². The molecule has 0 fully saturated rings. The highest BCUT2D eigenvalue weighted by Gasteiger charge is 2.20. The Kier molecular flexibility index (Phi) is 7.25. The van der Waals surface area contributed by atoms with Gasteiger partial charge in [0, 0.05) is 11.8 Å². The Labute approximate surface area is 197 Å². The normalized spacial score (nSPS) is 10.9. The third kappa shape index (κ3) is 6.38. The van der Waals surface area contributed by atoms with E-state index in [4.69, 9.17) is 19.9 Å². The minimum absolute atomic E-state index is 0.236. The number of nitrogens with one attached hydrogen (secondary N) is 2. The number of carbonyl (C=O) groups excluding carboxylic acids is 3. The number of benzene rings is 3. The Morgan fingerprint density at radius 2 is 1.59 bits per heavy atom. The van der Waals surface area contributed by atoms with Gasteiger partial charge in [-0.05, 0) is 55.8 Å². The molecule has 0 saturated heterocycles. The number of rotatable bonds is 7. The van der Waals surface area contributed by atoms with Crippen LogP contribution in [0.15, 0.2) is 54.6 Å². The molecule has 3 aromatic rings. The minimum atomic E-state index is -0.701. The van der Waals surface area contributed by atoms with Crippen molar-refractivity contribution in [3.63, 3.8) is 0 Å². The summed E-state index contributed by atoms with van der Waals surface area (Å²) in [4.78, 5) is 36.7. The summed E-state index contributed by atoms with van der Waals surface area (Å²) < 4.78 is 15.9. The first-order valence-electron chi connectivity index (χ1n) is 10.5. The van der Waals surface area contributed by atoms with Gasteiger partial charge in [0.15, 0.2) is 18.1 Å². The summed E-state index contributed by atoms with van der Waals surface area (Å²) in [6.45, 7) is 4.91. The third-order valence-corrected chi connectivity index (χ3v) is 4.56. The maximum absolute atomic E-state index is 13.2. The van der Waals surface area contributed by atoms with Gasteiger partial charge in [-0.1, -0.05) is 24.3 Å². The molecule has 4 N–H and O–H groups in total. The molecule has 0 bridgehead atoms. The van der Waals surface area contributed by atoms with E-state index in [0.717, 1.165) is 10.8 Å². The van der Waals surface area contributed by atoms with Gasteiger partial charge in [0.2, 0.25) is 0 Å². The Morgan fingerprint density at radius 3 is 2.21 bits per heavy atom. The van der Waals surface area contributed by atoms with Crippen LogP contribution < -0.4 is 25.8 Å². The summed E-state index contributed by atoms with van der Waals surface area (Å²) in [5, 5.41) is 7.12. The molecule has 3 rings (SSSR count). The smallest absolute Gasteiger partial charge is 0.412 e. The number of methoxy groups -OCH3 is 1. The van der Waals surface area contributed by atoms with Crippen LogP contribution in [0.4, 0.5) is 16.2 Å². The zero-order valence-corrected chi connectivity index (χ0v) is 19.4. The lowest BCUT2D eigenvalue weighted by atomic mass is 10.0. The predicted molar refractivity (Wildman–Crippen MR) is 129 cm³/mol. The molecular formula is C25H27N3O6. The summed E-state index contributed by atoms with van der Waals surface area (Å²) in [7, 11) is 1.45. The molecule has 0 saturated carbocycles. The van der Waals surface area contributed by atoms with E-state index in [-0.39, 0.29) is 17.9 Å². The molecule has 3 aromatic carbocycles. The van der Waals surface area contributed by atoms with Gasteiger partial charge in [-0.25, -0.2) is 4.79 Å². The fourth-order valence-electron chi connectivity index (χ4n) is 3.16. The van der Waals surface area contributed by atoms with E-state index < -0.39 is 23.5 Å². The van der Waals surface area contributed by atoms with Gasteiger partial charge in [0.05, 0.1) is 18.4 Å². The molecule has 0 spiro atoms. The second-order valence-corrected chi connectivity index (χ2v) is 8.45. The van der Waals surface area contributed by atoms with E-state index >= 15 is 0 Å². The Hall–Kier alpha value is -4.27. The fraction of sp³-hybridized carbons (Fsp3) is 0.240. The van der Waals surface area contributed by atoms with Crippen LogP contribution in [0.25, 0.3) is 10.8 Å². The molecule has 0 atom stereocenters. The van der Waals surface area contributed by atoms with Crippen LogP contribution in [-0.2, 0) is 9.53 Å². The fourth-order valence-corrected chi connectivity index (χ4v) is 3.16. The molecule has 0 aliphatic carbocycles. The van der Waals surface area contributed by atoms with E-state index in [1.54, 1.807) is 45.0 Å². The van der Waals surface area contributed by atoms with E-state index in [9.17, 15) is 14.4 Å². The molecular weight excluding hydrogens is 438 g/mol. The zero-order chi connectivity index (χ0) is 24.9. The second-order valence-electron chi connectivity index (χ2n) is 8.45. The summed E-state index contributed by atoms with van der Waals surface area (Å²) in [5.74, 6) is -0.504. The lowest BCUT2D eigenvalue weighted by Crippen LogP contribution is -2.28. The molecule has 178 valence electrons. The maximum atomic E-state index is 13.2. The summed E-state index contributed by atoms with van der Waals surface area (Å²) >= 11 is 0. The van der Waals surface area contributed by atoms with Crippen molar-refractivity contribution in [3.8, 4) is 11.5 Å². The highest BCUT2D eigenvalue weighted by atomic mass is 16.6. The Balaban J connectivity index is 1.92. The lowest BCUT2D eigenvalue weighted by molar-refractivity contribution is -0.119. The molecule has 3 amide bonds. The largest absolute Gasteiger partial charge is 0.493 e. The summed E-state index contributed by atoms with van der Waals surface area (Å²) in [5.41, 5.74) is 5.37. The SMILES string of the molecule is COc1ccc(NC(=O)c2cc3ccccc3cc2NC(=O)OC(C)(C)C)cc1OCC(N)=O. The van der Waals surface area contributed by atoms with Crippen molar-refractivity contribution in [1.82, 2.24) is 0 Å². The lowest BCUT2D eigenvalue weighted by Gasteiger charge is -2.20. The zero-order valence-electron chi connectivity index (χ0n) is 19.4. The Bertz CT molecular complexity index is 1230. The summed E-state index contributed by atoms with van der Waals surface area (Å²) in [6.07, 6.45) is -0.677. The van der Waals surface area contributed by atoms with Gasteiger partial charge < -0.3 is 25.3 Å². The number of hydrogen-bond donors (Lipinski definition) is 3. The molecule has 9 nitrogen and oxygen atoms in total. The predicted octanol–water partition coefficient (Wildman–Crippen LogP) is 4.31. The van der Waals surface area contributed by atoms with Crippen molar-refractivity contribution in [1.29, 1.82) is 0 Å². The molecule has 0 radical (unpaired) electrons. The van der Waals surface area contributed by atoms with Crippen LogP contribution in [0.5, 0.6) is 11.5 Å². The first kappa shape index (κ1) is 24.4. The molecule has 34 heavy (non-hydrogen) atoms. The van der Waals surface area contributed by atoms with Crippen LogP contribution in [0.3, 0.4) is 0 Å². The number of hydrogen-bond acceptors (Lipinski definition) is 6. The molecule has 0 heterocycles. The van der Waals surface area contributed by atoms with Gasteiger partial charge in [0.1, 0.15) is 5.60 Å². The van der Waals surface area contributed by atoms with E-state index in [0.29, 0.717) is 17.1 Å². The Morgan fingerprint density at radius 1 is 0.912 bits per heavy atom. The van der Waals surface area contributed by atoms with Crippen molar-refractivity contribution in [2.24, 2.45) is 5.73 Å². The number of nitrogens with two attached hydrogens (primary N) is 1. The van der Waals surface area contributed by atoms with Gasteiger partial charge in [0.25, 0.3) is 11.8 Å². The molecule has 0 aromatic heterocycles. The highest BCUT2D eigenvalue weighted by molar-refractivity contribution is 6.12. The highest BCUT2D eigenvalue weighted by Crippen LogP contribution is 2.31. The van der Waals surface area contributed by atoms with Gasteiger partial charge in [-0.2, -0.15) is 0 Å². The number of carbonyl (C=O) groups is 3. The molecule has 0 unspecified atom stereocenters. The van der Waals surface area contributed by atoms with Crippen molar-refractivity contribution < 1.29 is 28.6 Å². The number of amides is 3. The third-order valence-electron chi connectivity index (χ3n) is 4.56. The second kappa shape index (κ2) is 10.1. The van der Waals surface area contributed by atoms with E-state index in [2.05, 4.69) is 10.6 Å². The number of ether oxygens (including phenoxy) is 3. The van der Waals surface area contributed by atoms with Crippen LogP contribution >= 0.6 is 0 Å². The first-order chi connectivity index (χ1) is 16.1.